The van der Waals surface area contributed by atoms with Crippen molar-refractivity contribution in [2.75, 3.05) is 0 Å². The van der Waals surface area contributed by atoms with Crippen molar-refractivity contribution >= 4 is 10.8 Å². The summed E-state index contributed by atoms with van der Waals surface area (Å²) < 4.78 is 0. The van der Waals surface area contributed by atoms with Crippen LogP contribution >= 0.6 is 0 Å². The fraction of sp³-hybridized carbons (Fsp3) is 0.296. The van der Waals surface area contributed by atoms with Crippen molar-refractivity contribution in [2.24, 2.45) is 5.92 Å². The fourth-order valence-corrected chi connectivity index (χ4v) is 3.28. The minimum absolute atomic E-state index is 0. The molecule has 1 heteroatoms. The van der Waals surface area contributed by atoms with E-state index in [1.54, 1.807) is 23.6 Å². The third-order valence-electron chi connectivity index (χ3n) is 4.26. The molecule has 3 aromatic carbocycles. The van der Waals surface area contributed by atoms with Gasteiger partial charge in [-0.1, -0.05) is 37.3 Å². The van der Waals surface area contributed by atoms with Crippen LogP contribution in [0.1, 0.15) is 43.9 Å². The Kier molecular flexibility index (Phi) is 22.3. The Morgan fingerprint density at radius 1 is 0.964 bits per heavy atom. The molecule has 0 nitrogen and oxygen atoms in total. The monoisotopic (exact) mass is 545 g/mol. The molecular formula is C27H41Hf-7. The van der Waals surface area contributed by atoms with E-state index in [4.69, 9.17) is 0 Å². The number of rotatable bonds is 2. The van der Waals surface area contributed by atoms with Crippen molar-refractivity contribution in [3.63, 3.8) is 0 Å². The van der Waals surface area contributed by atoms with Crippen LogP contribution in [0.3, 0.4) is 0 Å². The first-order valence-corrected chi connectivity index (χ1v) is 8.81. The molecule has 0 atom stereocenters. The molecule has 0 heterocycles. The summed E-state index contributed by atoms with van der Waals surface area (Å²) in [5.41, 5.74) is 4.73. The number of fused-ring (bicyclic) bond motifs is 2. The van der Waals surface area contributed by atoms with E-state index in [1.165, 1.54) is 36.5 Å². The van der Waals surface area contributed by atoms with Gasteiger partial charge in [0.25, 0.3) is 0 Å². The van der Waals surface area contributed by atoms with Gasteiger partial charge in [0.1, 0.15) is 0 Å². The molecule has 0 spiro atoms. The molecule has 0 unspecified atom stereocenters. The average Bonchev–Trinajstić information content (AvgIpc) is 3.30. The molecule has 0 amide bonds. The second kappa shape index (κ2) is 18.1. The first-order chi connectivity index (χ1) is 11.2. The topological polar surface area (TPSA) is 0 Å². The van der Waals surface area contributed by atoms with Crippen molar-refractivity contribution in [1.29, 1.82) is 0 Å². The maximum Gasteiger partial charge on any atom is 0 e. The second-order valence-corrected chi connectivity index (χ2v) is 6.48. The van der Waals surface area contributed by atoms with E-state index in [0.717, 1.165) is 5.92 Å². The zero-order valence-corrected chi connectivity index (χ0v) is 22.9. The van der Waals surface area contributed by atoms with Crippen LogP contribution in [-0.4, -0.2) is 0 Å². The Hall–Kier alpha value is -0.950. The number of hydrogen-bond donors (Lipinski definition) is 0. The molecule has 4 rings (SSSR count). The fourth-order valence-electron chi connectivity index (χ4n) is 3.28. The predicted octanol–water partition coefficient (Wildman–Crippen LogP) is 8.29. The van der Waals surface area contributed by atoms with Crippen LogP contribution in [0, 0.1) is 42.5 Å². The van der Waals surface area contributed by atoms with E-state index < -0.39 is 0 Å². The molecule has 0 aliphatic heterocycles. The largest absolute Gasteiger partial charge is 0.358 e. The maximum atomic E-state index is 3.25. The SMILES string of the molecule is CC(C)C[c-]1ccc2cc3c(cc21)CCC3.[CH2-]C.[CH3-].[CH3-].[CH3-].[CH3-].[Hf].c1cc[cH-]c1. The van der Waals surface area contributed by atoms with E-state index in [2.05, 4.69) is 45.0 Å². The molecule has 0 fully saturated rings. The molecule has 0 aromatic heterocycles. The molecule has 0 bridgehead atoms. The van der Waals surface area contributed by atoms with Crippen molar-refractivity contribution in [3.8, 4) is 0 Å². The Morgan fingerprint density at radius 3 is 1.96 bits per heavy atom. The molecule has 0 radical (unpaired) electrons. The molecule has 3 aromatic rings. The van der Waals surface area contributed by atoms with Crippen LogP contribution in [0.4, 0.5) is 0 Å². The summed E-state index contributed by atoms with van der Waals surface area (Å²) in [6.07, 6.45) is 5.14. The van der Waals surface area contributed by atoms with E-state index in [1.807, 2.05) is 30.3 Å². The number of benzene rings is 1. The summed E-state index contributed by atoms with van der Waals surface area (Å²) >= 11 is 0. The molecule has 1 aliphatic carbocycles. The van der Waals surface area contributed by atoms with Gasteiger partial charge in [0, 0.05) is 25.8 Å². The van der Waals surface area contributed by atoms with Crippen molar-refractivity contribution < 1.29 is 25.8 Å². The third kappa shape index (κ3) is 9.50. The van der Waals surface area contributed by atoms with Crippen LogP contribution in [0.2, 0.25) is 0 Å². The van der Waals surface area contributed by atoms with Crippen LogP contribution in [0.15, 0.2) is 54.6 Å². The van der Waals surface area contributed by atoms with Crippen LogP contribution < -0.4 is 0 Å². The molecule has 160 valence electrons. The van der Waals surface area contributed by atoms with Gasteiger partial charge < -0.3 is 36.6 Å². The second-order valence-electron chi connectivity index (χ2n) is 6.48. The van der Waals surface area contributed by atoms with Gasteiger partial charge in [-0.15, -0.1) is 34.5 Å². The van der Waals surface area contributed by atoms with Crippen LogP contribution in [0.5, 0.6) is 0 Å². The summed E-state index contributed by atoms with van der Waals surface area (Å²) in [6, 6.07) is 19.5. The van der Waals surface area contributed by atoms with Gasteiger partial charge in [-0.25, -0.2) is 12.1 Å². The van der Waals surface area contributed by atoms with Gasteiger partial charge in [-0.05, 0) is 19.3 Å². The Bertz CT molecular complexity index is 669. The number of hydrogen-bond acceptors (Lipinski definition) is 0. The van der Waals surface area contributed by atoms with E-state index >= 15 is 0 Å². The minimum Gasteiger partial charge on any atom is -0.358 e. The molecule has 1 aliphatic rings. The number of aryl methyl sites for hydroxylation is 2. The van der Waals surface area contributed by atoms with Gasteiger partial charge in [-0.3, -0.25) is 0 Å². The summed E-state index contributed by atoms with van der Waals surface area (Å²) in [7, 11) is 0. The average molecular weight is 544 g/mol. The standard InChI is InChI=1S/C16H19.C5H5.C2H5.4CH3.Hf/c1-11(2)8-14-6-7-15-9-12-4-3-5-13(12)10-16(14)15;1-2-4-5-3-1;1-2;;;;;/h6-7,9-11H,3-5,8H2,1-2H3;1-5H;1H2,2H3;4*1H3;/q7*-1;. The van der Waals surface area contributed by atoms with E-state index in [9.17, 15) is 0 Å². The minimum atomic E-state index is 0. The summed E-state index contributed by atoms with van der Waals surface area (Å²) in [5.74, 6) is 0.749. The van der Waals surface area contributed by atoms with Crippen molar-refractivity contribution in [3.05, 3.63) is 108 Å². The Labute approximate surface area is 196 Å². The zero-order valence-electron chi connectivity index (χ0n) is 19.3. The molecule has 0 N–H and O–H groups in total. The van der Waals surface area contributed by atoms with Gasteiger partial charge in [0.05, 0.1) is 0 Å². The first-order valence-electron chi connectivity index (χ1n) is 8.81. The van der Waals surface area contributed by atoms with Gasteiger partial charge in [0.15, 0.2) is 0 Å². The van der Waals surface area contributed by atoms with E-state index in [0.29, 0.717) is 0 Å². The van der Waals surface area contributed by atoms with E-state index in [-0.39, 0.29) is 55.5 Å². The summed E-state index contributed by atoms with van der Waals surface area (Å²) in [4.78, 5) is 0. The normalized spacial score (nSPS) is 10.2. The quantitative estimate of drug-likeness (QED) is 0.225. The van der Waals surface area contributed by atoms with Gasteiger partial charge >= 0.3 is 0 Å². The molecule has 0 saturated carbocycles. The Balaban J connectivity index is -0.000000211. The van der Waals surface area contributed by atoms with Crippen molar-refractivity contribution in [2.45, 2.75) is 46.5 Å². The van der Waals surface area contributed by atoms with Crippen LogP contribution in [0.25, 0.3) is 10.8 Å². The summed E-state index contributed by atoms with van der Waals surface area (Å²) in [6.45, 7) is 9.60. The third-order valence-corrected chi connectivity index (χ3v) is 4.26. The van der Waals surface area contributed by atoms with Crippen molar-refractivity contribution in [1.82, 2.24) is 0 Å². The Morgan fingerprint density at radius 2 is 1.50 bits per heavy atom. The molecular weight excluding hydrogens is 503 g/mol. The van der Waals surface area contributed by atoms with Gasteiger partial charge in [0.2, 0.25) is 0 Å². The predicted molar refractivity (Wildman–Crippen MR) is 129 cm³/mol. The first kappa shape index (κ1) is 34.5. The van der Waals surface area contributed by atoms with Gasteiger partial charge in [-0.2, -0.15) is 31.2 Å². The summed E-state index contributed by atoms with van der Waals surface area (Å²) in [5, 5.41) is 2.96. The molecule has 0 saturated heterocycles. The zero-order chi connectivity index (χ0) is 16.7. The maximum absolute atomic E-state index is 3.25. The smallest absolute Gasteiger partial charge is 0 e. The van der Waals surface area contributed by atoms with Crippen LogP contribution in [-0.2, 0) is 45.1 Å². The molecule has 28 heavy (non-hydrogen) atoms.